The summed E-state index contributed by atoms with van der Waals surface area (Å²) in [6, 6.07) is 11.2. The smallest absolute Gasteiger partial charge is 0.295 e. The summed E-state index contributed by atoms with van der Waals surface area (Å²) in [4.78, 5) is 23.2. The molecule has 9 heteroatoms. The number of halogens is 3. The summed E-state index contributed by atoms with van der Waals surface area (Å²) in [7, 11) is 0. The first-order valence-corrected chi connectivity index (χ1v) is 9.78. The maximum Gasteiger partial charge on any atom is 0.295 e. The highest BCUT2D eigenvalue weighted by atomic mass is 19.3. The van der Waals surface area contributed by atoms with Crippen LogP contribution in [0, 0.1) is 5.82 Å². The fraction of sp³-hybridized carbons (Fsp3) is 0.333. The molecule has 0 bridgehead atoms. The number of hydrogen-bond donors (Lipinski definition) is 2. The SMILES string of the molecule is O=C(NCCN1CCN(c2ccc(F)cc2)CC1)c1ccc2nc(C(F)F)[nH]c2c1. The second-order valence-electron chi connectivity index (χ2n) is 7.22. The van der Waals surface area contributed by atoms with Gasteiger partial charge < -0.3 is 15.2 Å². The molecule has 0 atom stereocenters. The van der Waals surface area contributed by atoms with E-state index in [-0.39, 0.29) is 11.7 Å². The minimum Gasteiger partial charge on any atom is -0.369 e. The van der Waals surface area contributed by atoms with Crippen LogP contribution in [0.5, 0.6) is 0 Å². The summed E-state index contributed by atoms with van der Waals surface area (Å²) in [6.45, 7) is 4.57. The van der Waals surface area contributed by atoms with Crippen molar-refractivity contribution in [3.05, 3.63) is 59.7 Å². The predicted octanol–water partition coefficient (Wildman–Crippen LogP) is 3.19. The van der Waals surface area contributed by atoms with E-state index in [1.54, 1.807) is 24.3 Å². The zero-order chi connectivity index (χ0) is 21.1. The zero-order valence-electron chi connectivity index (χ0n) is 16.2. The third-order valence-corrected chi connectivity index (χ3v) is 5.25. The van der Waals surface area contributed by atoms with E-state index >= 15 is 0 Å². The van der Waals surface area contributed by atoms with Crippen molar-refractivity contribution < 1.29 is 18.0 Å². The van der Waals surface area contributed by atoms with Gasteiger partial charge in [-0.25, -0.2) is 18.2 Å². The largest absolute Gasteiger partial charge is 0.369 e. The average Bonchev–Trinajstić information content (AvgIpc) is 3.19. The van der Waals surface area contributed by atoms with Crippen LogP contribution in [0.1, 0.15) is 22.6 Å². The first-order chi connectivity index (χ1) is 14.5. The van der Waals surface area contributed by atoms with Crippen LogP contribution in [0.2, 0.25) is 0 Å². The molecule has 0 aliphatic carbocycles. The Morgan fingerprint density at radius 1 is 1.10 bits per heavy atom. The molecular formula is C21H22F3N5O. The molecule has 4 rings (SSSR count). The number of nitrogens with one attached hydrogen (secondary N) is 2. The van der Waals surface area contributed by atoms with Gasteiger partial charge in [-0.1, -0.05) is 0 Å². The number of hydrogen-bond acceptors (Lipinski definition) is 4. The van der Waals surface area contributed by atoms with Crippen LogP contribution >= 0.6 is 0 Å². The molecule has 6 nitrogen and oxygen atoms in total. The number of benzene rings is 2. The number of carbonyl (C=O) groups excluding carboxylic acids is 1. The molecule has 1 aliphatic rings. The van der Waals surface area contributed by atoms with Crippen LogP contribution in [-0.2, 0) is 0 Å². The van der Waals surface area contributed by atoms with Crippen molar-refractivity contribution in [2.45, 2.75) is 6.43 Å². The van der Waals surface area contributed by atoms with Crippen LogP contribution in [0.3, 0.4) is 0 Å². The van der Waals surface area contributed by atoms with Gasteiger partial charge in [-0.15, -0.1) is 0 Å². The first kappa shape index (κ1) is 20.2. The Kier molecular flexibility index (Phi) is 5.89. The van der Waals surface area contributed by atoms with Gasteiger partial charge in [-0.3, -0.25) is 9.69 Å². The predicted molar refractivity (Wildman–Crippen MR) is 108 cm³/mol. The zero-order valence-corrected chi connectivity index (χ0v) is 16.2. The van der Waals surface area contributed by atoms with Gasteiger partial charge in [0.15, 0.2) is 5.82 Å². The van der Waals surface area contributed by atoms with E-state index in [0.29, 0.717) is 29.7 Å². The molecule has 2 N–H and O–H groups in total. The Bertz CT molecular complexity index is 1010. The Balaban J connectivity index is 1.25. The Morgan fingerprint density at radius 3 is 2.53 bits per heavy atom. The molecular weight excluding hydrogens is 395 g/mol. The minimum atomic E-state index is -2.68. The molecule has 2 aromatic carbocycles. The third-order valence-electron chi connectivity index (χ3n) is 5.25. The van der Waals surface area contributed by atoms with Crippen molar-refractivity contribution in [3.8, 4) is 0 Å². The number of aromatic amines is 1. The summed E-state index contributed by atoms with van der Waals surface area (Å²) in [5, 5.41) is 2.87. The van der Waals surface area contributed by atoms with Crippen LogP contribution in [0.25, 0.3) is 11.0 Å². The number of amides is 1. The van der Waals surface area contributed by atoms with Crippen molar-refractivity contribution in [3.63, 3.8) is 0 Å². The topological polar surface area (TPSA) is 64.3 Å². The summed E-state index contributed by atoms with van der Waals surface area (Å²) in [6.07, 6.45) is -2.68. The molecule has 1 aromatic heterocycles. The van der Waals surface area contributed by atoms with E-state index in [1.807, 2.05) is 0 Å². The molecule has 0 radical (unpaired) electrons. The average molecular weight is 417 g/mol. The molecule has 0 saturated carbocycles. The minimum absolute atomic E-state index is 0.241. The van der Waals surface area contributed by atoms with Gasteiger partial charge in [-0.05, 0) is 42.5 Å². The summed E-state index contributed by atoms with van der Waals surface area (Å²) >= 11 is 0. The first-order valence-electron chi connectivity index (χ1n) is 9.78. The number of alkyl halides is 2. The van der Waals surface area contributed by atoms with Gasteiger partial charge >= 0.3 is 0 Å². The lowest BCUT2D eigenvalue weighted by atomic mass is 10.2. The molecule has 1 aliphatic heterocycles. The lowest BCUT2D eigenvalue weighted by molar-refractivity contribution is 0.0948. The van der Waals surface area contributed by atoms with Crippen molar-refractivity contribution in [2.75, 3.05) is 44.2 Å². The standard InChI is InChI=1S/C21H22F3N5O/c22-15-2-4-16(5-3-15)29-11-9-28(10-12-29)8-7-25-21(30)14-1-6-17-18(13-14)27-20(26-17)19(23)24/h1-6,13,19H,7-12H2,(H,25,30)(H,26,27). The van der Waals surface area contributed by atoms with E-state index in [1.165, 1.54) is 18.2 Å². The van der Waals surface area contributed by atoms with Crippen molar-refractivity contribution in [2.24, 2.45) is 0 Å². The number of aromatic nitrogens is 2. The second-order valence-corrected chi connectivity index (χ2v) is 7.22. The van der Waals surface area contributed by atoms with Gasteiger partial charge in [0.1, 0.15) is 5.82 Å². The highest BCUT2D eigenvalue weighted by molar-refractivity contribution is 5.97. The van der Waals surface area contributed by atoms with Gasteiger partial charge in [0, 0.05) is 50.5 Å². The number of carbonyl (C=O) groups is 1. The fourth-order valence-corrected chi connectivity index (χ4v) is 3.59. The highest BCUT2D eigenvalue weighted by Crippen LogP contribution is 2.21. The van der Waals surface area contributed by atoms with E-state index in [4.69, 9.17) is 0 Å². The molecule has 158 valence electrons. The van der Waals surface area contributed by atoms with Crippen molar-refractivity contribution >= 4 is 22.6 Å². The Labute approximate surface area is 171 Å². The Morgan fingerprint density at radius 2 is 1.83 bits per heavy atom. The van der Waals surface area contributed by atoms with Gasteiger partial charge in [-0.2, -0.15) is 0 Å². The monoisotopic (exact) mass is 417 g/mol. The third kappa shape index (κ3) is 4.56. The molecule has 1 saturated heterocycles. The number of imidazole rings is 1. The number of piperazine rings is 1. The van der Waals surface area contributed by atoms with Gasteiger partial charge in [0.05, 0.1) is 11.0 Å². The van der Waals surface area contributed by atoms with E-state index in [0.717, 1.165) is 31.9 Å². The van der Waals surface area contributed by atoms with Crippen LogP contribution < -0.4 is 10.2 Å². The number of nitrogens with zero attached hydrogens (tertiary/aromatic N) is 3. The van der Waals surface area contributed by atoms with Gasteiger partial charge in [0.2, 0.25) is 0 Å². The molecule has 0 unspecified atom stereocenters. The van der Waals surface area contributed by atoms with Crippen molar-refractivity contribution in [1.29, 1.82) is 0 Å². The lowest BCUT2D eigenvalue weighted by Gasteiger charge is -2.36. The summed E-state index contributed by atoms with van der Waals surface area (Å²) in [5.41, 5.74) is 2.22. The van der Waals surface area contributed by atoms with E-state index in [2.05, 4.69) is 25.1 Å². The number of H-pyrrole nitrogens is 1. The maximum absolute atomic E-state index is 13.1. The molecule has 2 heterocycles. The fourth-order valence-electron chi connectivity index (χ4n) is 3.59. The van der Waals surface area contributed by atoms with Gasteiger partial charge in [0.25, 0.3) is 12.3 Å². The van der Waals surface area contributed by atoms with Crippen molar-refractivity contribution in [1.82, 2.24) is 20.2 Å². The number of rotatable bonds is 6. The van der Waals surface area contributed by atoms with Crippen LogP contribution in [0.15, 0.2) is 42.5 Å². The number of fused-ring (bicyclic) bond motifs is 1. The Hall–Kier alpha value is -3.07. The molecule has 1 amide bonds. The van der Waals surface area contributed by atoms with Crippen LogP contribution in [0.4, 0.5) is 18.9 Å². The highest BCUT2D eigenvalue weighted by Gasteiger charge is 2.18. The lowest BCUT2D eigenvalue weighted by Crippen LogP contribution is -2.48. The second kappa shape index (κ2) is 8.74. The molecule has 1 fully saturated rings. The maximum atomic E-state index is 13.1. The quantitative estimate of drug-likeness (QED) is 0.647. The van der Waals surface area contributed by atoms with E-state index < -0.39 is 12.2 Å². The molecule has 30 heavy (non-hydrogen) atoms. The normalized spacial score (nSPS) is 15.1. The summed E-state index contributed by atoms with van der Waals surface area (Å²) < 4.78 is 38.6. The van der Waals surface area contributed by atoms with E-state index in [9.17, 15) is 18.0 Å². The molecule has 0 spiro atoms. The number of anilines is 1. The van der Waals surface area contributed by atoms with Crippen LogP contribution in [-0.4, -0.2) is 60.0 Å². The summed E-state index contributed by atoms with van der Waals surface area (Å²) in [5.74, 6) is -0.897. The molecule has 3 aromatic rings.